The van der Waals surface area contributed by atoms with Crippen LogP contribution in [0.15, 0.2) is 48.5 Å². The number of nitrogens with one attached hydrogen (secondary N) is 2. The van der Waals surface area contributed by atoms with Crippen LogP contribution in [0.3, 0.4) is 0 Å². The van der Waals surface area contributed by atoms with E-state index in [9.17, 15) is 9.59 Å². The van der Waals surface area contributed by atoms with Crippen LogP contribution in [0.4, 0.5) is 0 Å². The molecule has 0 unspecified atom stereocenters. The van der Waals surface area contributed by atoms with Crippen LogP contribution in [0.2, 0.25) is 0 Å². The minimum Gasteiger partial charge on any atom is -0.483 e. The molecule has 0 radical (unpaired) electrons. The molecule has 0 spiro atoms. The maximum atomic E-state index is 12.0. The third-order valence-corrected chi connectivity index (χ3v) is 3.79. The van der Waals surface area contributed by atoms with Crippen molar-refractivity contribution in [3.63, 3.8) is 0 Å². The van der Waals surface area contributed by atoms with Gasteiger partial charge in [-0.1, -0.05) is 37.3 Å². The number of hydrogen-bond donors (Lipinski definition) is 2. The van der Waals surface area contributed by atoms with Crippen LogP contribution in [-0.2, 0) is 16.0 Å². The quantitative estimate of drug-likeness (QED) is 0.748. The van der Waals surface area contributed by atoms with Gasteiger partial charge in [0.25, 0.3) is 11.8 Å². The monoisotopic (exact) mass is 356 g/mol. The number of aryl methyl sites for hydroxylation is 2. The summed E-state index contributed by atoms with van der Waals surface area (Å²) in [4.78, 5) is 23.8. The number of para-hydroxylation sites is 1. The molecule has 1 atom stereocenters. The molecular weight excluding hydrogens is 332 g/mol. The minimum absolute atomic E-state index is 0.196. The molecule has 2 amide bonds. The predicted octanol–water partition coefficient (Wildman–Crippen LogP) is 2.55. The zero-order chi connectivity index (χ0) is 18.9. The largest absolute Gasteiger partial charge is 0.483 e. The highest BCUT2D eigenvalue weighted by atomic mass is 16.5. The molecule has 0 heterocycles. The molecular formula is C20H24N2O4. The van der Waals surface area contributed by atoms with Crippen LogP contribution in [-0.4, -0.2) is 24.5 Å². The Morgan fingerprint density at radius 3 is 2.38 bits per heavy atom. The van der Waals surface area contributed by atoms with E-state index in [-0.39, 0.29) is 6.61 Å². The predicted molar refractivity (Wildman–Crippen MR) is 98.9 cm³/mol. The highest BCUT2D eigenvalue weighted by molar-refractivity contribution is 5.85. The second-order valence-corrected chi connectivity index (χ2v) is 5.85. The lowest BCUT2D eigenvalue weighted by atomic mass is 10.2. The summed E-state index contributed by atoms with van der Waals surface area (Å²) in [5, 5.41) is 0. The lowest BCUT2D eigenvalue weighted by molar-refractivity contribution is -0.133. The van der Waals surface area contributed by atoms with Crippen molar-refractivity contribution >= 4 is 11.8 Å². The molecule has 0 aliphatic carbocycles. The SMILES string of the molecule is CCc1ccc(O[C@H](C)C(=O)NNC(=O)COc2ccccc2C)cc1. The third-order valence-electron chi connectivity index (χ3n) is 3.79. The van der Waals surface area contributed by atoms with Crippen molar-refractivity contribution in [3.05, 3.63) is 59.7 Å². The van der Waals surface area contributed by atoms with Crippen LogP contribution in [0, 0.1) is 6.92 Å². The van der Waals surface area contributed by atoms with E-state index in [0.717, 1.165) is 12.0 Å². The fourth-order valence-electron chi connectivity index (χ4n) is 2.19. The fourth-order valence-corrected chi connectivity index (χ4v) is 2.19. The van der Waals surface area contributed by atoms with Crippen LogP contribution in [0.1, 0.15) is 25.0 Å². The molecule has 0 aliphatic rings. The second-order valence-electron chi connectivity index (χ2n) is 5.85. The Morgan fingerprint density at radius 1 is 1.04 bits per heavy atom. The summed E-state index contributed by atoms with van der Waals surface area (Å²) >= 11 is 0. The summed E-state index contributed by atoms with van der Waals surface area (Å²) in [6.45, 7) is 5.37. The van der Waals surface area contributed by atoms with E-state index in [1.165, 1.54) is 5.56 Å². The van der Waals surface area contributed by atoms with Crippen molar-refractivity contribution in [1.82, 2.24) is 10.9 Å². The normalized spacial score (nSPS) is 11.3. The highest BCUT2D eigenvalue weighted by Crippen LogP contribution is 2.16. The minimum atomic E-state index is -0.750. The Hall–Kier alpha value is -3.02. The van der Waals surface area contributed by atoms with Crippen LogP contribution >= 0.6 is 0 Å². The van der Waals surface area contributed by atoms with E-state index in [1.807, 2.05) is 49.4 Å². The average Bonchev–Trinajstić information content (AvgIpc) is 2.66. The molecule has 0 saturated heterocycles. The van der Waals surface area contributed by atoms with Crippen molar-refractivity contribution in [3.8, 4) is 11.5 Å². The van der Waals surface area contributed by atoms with Gasteiger partial charge in [0.05, 0.1) is 0 Å². The summed E-state index contributed by atoms with van der Waals surface area (Å²) in [7, 11) is 0. The van der Waals surface area contributed by atoms with Gasteiger partial charge in [0.1, 0.15) is 11.5 Å². The van der Waals surface area contributed by atoms with E-state index < -0.39 is 17.9 Å². The molecule has 0 fully saturated rings. The summed E-state index contributed by atoms with van der Waals surface area (Å²) in [6, 6.07) is 14.9. The van der Waals surface area contributed by atoms with Crippen molar-refractivity contribution in [2.24, 2.45) is 0 Å². The number of rotatable bonds is 7. The van der Waals surface area contributed by atoms with Gasteiger partial charge in [-0.2, -0.15) is 0 Å². The third kappa shape index (κ3) is 5.81. The number of carbonyl (C=O) groups excluding carboxylic acids is 2. The number of carbonyl (C=O) groups is 2. The topological polar surface area (TPSA) is 76.7 Å². The zero-order valence-electron chi connectivity index (χ0n) is 15.2. The number of hydrazine groups is 1. The van der Waals surface area contributed by atoms with Gasteiger partial charge in [0.15, 0.2) is 12.7 Å². The molecule has 138 valence electrons. The number of amides is 2. The van der Waals surface area contributed by atoms with E-state index in [2.05, 4.69) is 17.8 Å². The molecule has 0 aromatic heterocycles. The molecule has 0 bridgehead atoms. The van der Waals surface area contributed by atoms with Gasteiger partial charge < -0.3 is 9.47 Å². The maximum Gasteiger partial charge on any atom is 0.279 e. The van der Waals surface area contributed by atoms with E-state index in [4.69, 9.17) is 9.47 Å². The maximum absolute atomic E-state index is 12.0. The fraction of sp³-hybridized carbons (Fsp3) is 0.300. The lowest BCUT2D eigenvalue weighted by Gasteiger charge is -2.15. The van der Waals surface area contributed by atoms with Gasteiger partial charge in [-0.3, -0.25) is 20.4 Å². The van der Waals surface area contributed by atoms with Crippen LogP contribution in [0.5, 0.6) is 11.5 Å². The molecule has 2 aromatic rings. The first-order valence-corrected chi connectivity index (χ1v) is 8.52. The van der Waals surface area contributed by atoms with Gasteiger partial charge in [0, 0.05) is 0 Å². The van der Waals surface area contributed by atoms with Crippen LogP contribution in [0.25, 0.3) is 0 Å². The first kappa shape index (κ1) is 19.3. The van der Waals surface area contributed by atoms with Gasteiger partial charge in [-0.15, -0.1) is 0 Å². The Balaban J connectivity index is 1.74. The summed E-state index contributed by atoms with van der Waals surface area (Å²) in [6.07, 6.45) is 0.187. The van der Waals surface area contributed by atoms with Crippen molar-refractivity contribution < 1.29 is 19.1 Å². The molecule has 2 rings (SSSR count). The summed E-state index contributed by atoms with van der Waals surface area (Å²) < 4.78 is 11.0. The molecule has 0 saturated carbocycles. The first-order valence-electron chi connectivity index (χ1n) is 8.52. The molecule has 2 N–H and O–H groups in total. The Bertz CT molecular complexity index is 744. The Kier molecular flexibility index (Phi) is 7.02. The van der Waals surface area contributed by atoms with Gasteiger partial charge >= 0.3 is 0 Å². The molecule has 6 heteroatoms. The Labute approximate surface area is 153 Å². The smallest absolute Gasteiger partial charge is 0.279 e. The van der Waals surface area contributed by atoms with Gasteiger partial charge in [-0.05, 0) is 49.6 Å². The van der Waals surface area contributed by atoms with E-state index in [0.29, 0.717) is 11.5 Å². The van der Waals surface area contributed by atoms with Crippen molar-refractivity contribution in [2.75, 3.05) is 6.61 Å². The summed E-state index contributed by atoms with van der Waals surface area (Å²) in [5.74, 6) is 0.315. The van der Waals surface area contributed by atoms with Gasteiger partial charge in [0.2, 0.25) is 0 Å². The Morgan fingerprint density at radius 2 is 1.73 bits per heavy atom. The first-order chi connectivity index (χ1) is 12.5. The van der Waals surface area contributed by atoms with Crippen molar-refractivity contribution in [2.45, 2.75) is 33.3 Å². The van der Waals surface area contributed by atoms with Crippen molar-refractivity contribution in [1.29, 1.82) is 0 Å². The molecule has 0 aliphatic heterocycles. The second kappa shape index (κ2) is 9.46. The van der Waals surface area contributed by atoms with Crippen LogP contribution < -0.4 is 20.3 Å². The molecule has 2 aromatic carbocycles. The molecule has 6 nitrogen and oxygen atoms in total. The number of benzene rings is 2. The highest BCUT2D eigenvalue weighted by Gasteiger charge is 2.15. The lowest BCUT2D eigenvalue weighted by Crippen LogP contribution is -2.48. The molecule has 26 heavy (non-hydrogen) atoms. The van der Waals surface area contributed by atoms with E-state index in [1.54, 1.807) is 13.0 Å². The summed E-state index contributed by atoms with van der Waals surface area (Å²) in [5.41, 5.74) is 6.77. The standard InChI is InChI=1S/C20H24N2O4/c1-4-16-9-11-17(12-10-16)26-15(3)20(24)22-21-19(23)13-25-18-8-6-5-7-14(18)2/h5-12,15H,4,13H2,1-3H3,(H,21,23)(H,22,24)/t15-/m1/s1. The average molecular weight is 356 g/mol. The zero-order valence-corrected chi connectivity index (χ0v) is 15.2. The number of ether oxygens (including phenoxy) is 2. The van der Waals surface area contributed by atoms with Gasteiger partial charge in [-0.25, -0.2) is 0 Å². The van der Waals surface area contributed by atoms with E-state index >= 15 is 0 Å². The number of hydrogen-bond acceptors (Lipinski definition) is 4.